The van der Waals surface area contributed by atoms with E-state index in [1.165, 1.54) is 24.1 Å². The fourth-order valence-electron chi connectivity index (χ4n) is 4.80. The average Bonchev–Trinajstić information content (AvgIpc) is 3.31. The van der Waals surface area contributed by atoms with Crippen LogP contribution in [0.15, 0.2) is 18.2 Å². The number of benzene rings is 1. The summed E-state index contributed by atoms with van der Waals surface area (Å²) >= 11 is 0. The van der Waals surface area contributed by atoms with Gasteiger partial charge in [0.1, 0.15) is 0 Å². The van der Waals surface area contributed by atoms with E-state index in [0.29, 0.717) is 24.4 Å². The zero-order valence-corrected chi connectivity index (χ0v) is 16.0. The minimum atomic E-state index is -0.685. The maximum atomic E-state index is 13.0. The molecule has 0 aliphatic heterocycles. The number of H-pyrrole nitrogens is 1. The number of aryl methyl sites for hydroxylation is 2. The third kappa shape index (κ3) is 3.20. The van der Waals surface area contributed by atoms with Crippen LogP contribution in [-0.4, -0.2) is 40.1 Å². The first kappa shape index (κ1) is 17.7. The van der Waals surface area contributed by atoms with E-state index in [1.54, 1.807) is 0 Å². The summed E-state index contributed by atoms with van der Waals surface area (Å²) in [5.41, 5.74) is 4.10. The predicted octanol–water partition coefficient (Wildman–Crippen LogP) is 2.19. The Balaban J connectivity index is 1.33. The molecular formula is C22H27N3O3. The first-order valence-corrected chi connectivity index (χ1v) is 10.5. The Morgan fingerprint density at radius 1 is 1.07 bits per heavy atom. The standard InChI is InChI=1S/C22H27N3O3/c26-19-11-12(21(27)23-13-8-9-13)10-18(19)25-22(28)16-6-3-5-15-14-4-1-2-7-17(14)24-20(15)16/h3,5-6,12-13,18-19,24,26H,1-2,4,7-11H2,(H,23,27)(H,25,28)/t12-,18-,19-/m0/s1. The molecule has 3 aliphatic carbocycles. The van der Waals surface area contributed by atoms with Crippen molar-refractivity contribution >= 4 is 22.7 Å². The molecule has 2 amide bonds. The van der Waals surface area contributed by atoms with Gasteiger partial charge in [-0.3, -0.25) is 9.59 Å². The topological polar surface area (TPSA) is 94.2 Å². The summed E-state index contributed by atoms with van der Waals surface area (Å²) in [5.74, 6) is -0.400. The lowest BCUT2D eigenvalue weighted by molar-refractivity contribution is -0.125. The summed E-state index contributed by atoms with van der Waals surface area (Å²) in [4.78, 5) is 28.8. The van der Waals surface area contributed by atoms with Crippen LogP contribution < -0.4 is 10.6 Å². The fraction of sp³-hybridized carbons (Fsp3) is 0.545. The third-order valence-electron chi connectivity index (χ3n) is 6.52. The van der Waals surface area contributed by atoms with Gasteiger partial charge in [0.05, 0.1) is 23.2 Å². The van der Waals surface area contributed by atoms with Gasteiger partial charge in [0.2, 0.25) is 5.91 Å². The lowest BCUT2D eigenvalue weighted by atomic mass is 9.95. The van der Waals surface area contributed by atoms with E-state index >= 15 is 0 Å². The number of aliphatic hydroxyl groups is 1. The molecule has 5 rings (SSSR count). The van der Waals surface area contributed by atoms with Crippen LogP contribution in [-0.2, 0) is 17.6 Å². The lowest BCUT2D eigenvalue weighted by Crippen LogP contribution is -2.40. The number of hydrogen-bond acceptors (Lipinski definition) is 3. The molecule has 2 aromatic rings. The SMILES string of the molecule is O=C(N[C@H]1C[C@H](C(=O)NC2CC2)C[C@@H]1O)c1cccc2c3c([nH]c12)CCCC3. The third-order valence-corrected chi connectivity index (χ3v) is 6.52. The van der Waals surface area contributed by atoms with Crippen molar-refractivity contribution in [1.29, 1.82) is 0 Å². The highest BCUT2D eigenvalue weighted by molar-refractivity contribution is 6.07. The Bertz CT molecular complexity index is 930. The summed E-state index contributed by atoms with van der Waals surface area (Å²) in [6.07, 6.45) is 6.76. The lowest BCUT2D eigenvalue weighted by Gasteiger charge is -2.16. The molecule has 0 spiro atoms. The van der Waals surface area contributed by atoms with Crippen LogP contribution >= 0.6 is 0 Å². The molecule has 6 heteroatoms. The second-order valence-corrected chi connectivity index (χ2v) is 8.62. The van der Waals surface area contributed by atoms with Gasteiger partial charge in [0, 0.05) is 23.0 Å². The molecule has 0 radical (unpaired) electrons. The molecule has 3 aliphatic rings. The van der Waals surface area contributed by atoms with Crippen molar-refractivity contribution in [2.24, 2.45) is 5.92 Å². The molecule has 2 saturated carbocycles. The molecule has 1 aromatic carbocycles. The van der Waals surface area contributed by atoms with Crippen molar-refractivity contribution in [2.45, 2.75) is 69.6 Å². The highest BCUT2D eigenvalue weighted by atomic mass is 16.3. The molecule has 4 N–H and O–H groups in total. The Hall–Kier alpha value is -2.34. The van der Waals surface area contributed by atoms with Crippen molar-refractivity contribution < 1.29 is 14.7 Å². The van der Waals surface area contributed by atoms with Crippen molar-refractivity contribution in [3.63, 3.8) is 0 Å². The Kier molecular flexibility index (Phi) is 4.38. The number of carbonyl (C=O) groups is 2. The number of carbonyl (C=O) groups excluding carboxylic acids is 2. The van der Waals surface area contributed by atoms with Crippen molar-refractivity contribution in [2.75, 3.05) is 0 Å². The van der Waals surface area contributed by atoms with E-state index in [1.807, 2.05) is 12.1 Å². The second-order valence-electron chi connectivity index (χ2n) is 8.62. The highest BCUT2D eigenvalue weighted by Gasteiger charge is 2.39. The van der Waals surface area contributed by atoms with Gasteiger partial charge >= 0.3 is 0 Å². The summed E-state index contributed by atoms with van der Waals surface area (Å²) < 4.78 is 0. The molecule has 2 fully saturated rings. The van der Waals surface area contributed by atoms with E-state index in [2.05, 4.69) is 21.7 Å². The number of aromatic nitrogens is 1. The van der Waals surface area contributed by atoms with Crippen LogP contribution in [0.5, 0.6) is 0 Å². The van der Waals surface area contributed by atoms with Gasteiger partial charge in [-0.1, -0.05) is 12.1 Å². The van der Waals surface area contributed by atoms with Crippen LogP contribution in [0.2, 0.25) is 0 Å². The minimum absolute atomic E-state index is 0.0115. The number of hydrogen-bond donors (Lipinski definition) is 4. The van der Waals surface area contributed by atoms with Crippen molar-refractivity contribution in [3.8, 4) is 0 Å². The number of aromatic amines is 1. The molecular weight excluding hydrogens is 354 g/mol. The van der Waals surface area contributed by atoms with Crippen LogP contribution in [0, 0.1) is 5.92 Å². The summed E-state index contributed by atoms with van der Waals surface area (Å²) in [6.45, 7) is 0. The zero-order chi connectivity index (χ0) is 19.3. The first-order chi connectivity index (χ1) is 13.6. The number of amides is 2. The van der Waals surface area contributed by atoms with Gasteiger partial charge in [0.25, 0.3) is 5.91 Å². The van der Waals surface area contributed by atoms with Gasteiger partial charge in [-0.15, -0.1) is 0 Å². The highest BCUT2D eigenvalue weighted by Crippen LogP contribution is 2.32. The normalized spacial score (nSPS) is 26.8. The maximum absolute atomic E-state index is 13.0. The molecule has 3 atom stereocenters. The number of para-hydroxylation sites is 1. The molecule has 0 bridgehead atoms. The Morgan fingerprint density at radius 3 is 2.71 bits per heavy atom. The van der Waals surface area contributed by atoms with Crippen LogP contribution in [0.3, 0.4) is 0 Å². The van der Waals surface area contributed by atoms with E-state index in [4.69, 9.17) is 0 Å². The van der Waals surface area contributed by atoms with Crippen molar-refractivity contribution in [1.82, 2.24) is 15.6 Å². The van der Waals surface area contributed by atoms with Gasteiger partial charge in [0.15, 0.2) is 0 Å². The molecule has 0 saturated heterocycles. The monoisotopic (exact) mass is 381 g/mol. The number of nitrogens with one attached hydrogen (secondary N) is 3. The average molecular weight is 381 g/mol. The molecule has 148 valence electrons. The van der Waals surface area contributed by atoms with Gasteiger partial charge in [-0.05, 0) is 63.0 Å². The van der Waals surface area contributed by atoms with Crippen molar-refractivity contribution in [3.05, 3.63) is 35.0 Å². The zero-order valence-electron chi connectivity index (χ0n) is 16.0. The number of fused-ring (bicyclic) bond motifs is 3. The van der Waals surface area contributed by atoms with Gasteiger partial charge < -0.3 is 20.7 Å². The smallest absolute Gasteiger partial charge is 0.253 e. The van der Waals surface area contributed by atoms with Crippen LogP contribution in [0.4, 0.5) is 0 Å². The second kappa shape index (κ2) is 6.92. The summed E-state index contributed by atoms with van der Waals surface area (Å²) in [7, 11) is 0. The van der Waals surface area contributed by atoms with E-state index in [-0.39, 0.29) is 23.8 Å². The number of rotatable bonds is 4. The van der Waals surface area contributed by atoms with E-state index in [0.717, 1.165) is 36.6 Å². The van der Waals surface area contributed by atoms with Gasteiger partial charge in [-0.2, -0.15) is 0 Å². The van der Waals surface area contributed by atoms with Crippen LogP contribution in [0.1, 0.15) is 60.1 Å². The molecule has 6 nitrogen and oxygen atoms in total. The maximum Gasteiger partial charge on any atom is 0.253 e. The first-order valence-electron chi connectivity index (χ1n) is 10.5. The quantitative estimate of drug-likeness (QED) is 0.654. The van der Waals surface area contributed by atoms with E-state index < -0.39 is 6.10 Å². The minimum Gasteiger partial charge on any atom is -0.391 e. The molecule has 28 heavy (non-hydrogen) atoms. The summed E-state index contributed by atoms with van der Waals surface area (Å²) in [5, 5.41) is 17.5. The number of aliphatic hydroxyl groups excluding tert-OH is 1. The predicted molar refractivity (Wildman–Crippen MR) is 106 cm³/mol. The van der Waals surface area contributed by atoms with Crippen LogP contribution in [0.25, 0.3) is 10.9 Å². The molecule has 1 heterocycles. The Labute approximate surface area is 164 Å². The summed E-state index contributed by atoms with van der Waals surface area (Å²) in [6, 6.07) is 5.77. The van der Waals surface area contributed by atoms with E-state index in [9.17, 15) is 14.7 Å². The van der Waals surface area contributed by atoms with Gasteiger partial charge in [-0.25, -0.2) is 0 Å². The largest absolute Gasteiger partial charge is 0.391 e. The molecule has 1 aromatic heterocycles. The molecule has 0 unspecified atom stereocenters. The fourth-order valence-corrected chi connectivity index (χ4v) is 4.80. The Morgan fingerprint density at radius 2 is 1.89 bits per heavy atom.